The number of hydrogen-bond donors (Lipinski definition) is 2. The molecule has 124 valence electrons. The molecule has 2 aromatic rings. The summed E-state index contributed by atoms with van der Waals surface area (Å²) in [6.07, 6.45) is 0. The largest absolute Gasteiger partial charge is 0.480 e. The number of amides is 1. The number of aliphatic carboxylic acids is 1. The average molecular weight is 343 g/mol. The average Bonchev–Trinajstić information content (AvgIpc) is 2.59. The van der Waals surface area contributed by atoms with E-state index in [1.807, 2.05) is 0 Å². The van der Waals surface area contributed by atoms with Gasteiger partial charge in [0.25, 0.3) is 5.91 Å². The summed E-state index contributed by atoms with van der Waals surface area (Å²) < 4.78 is 0. The zero-order chi connectivity index (χ0) is 17.5. The topological polar surface area (TPSA) is 83.5 Å². The molecule has 0 heterocycles. The lowest BCUT2D eigenvalue weighted by Crippen LogP contribution is -2.39. The number of carbonyl (C=O) groups excluding carboxylic acids is 2. The van der Waals surface area contributed by atoms with Crippen LogP contribution in [0.25, 0.3) is 0 Å². The van der Waals surface area contributed by atoms with Gasteiger partial charge in [0, 0.05) is 12.5 Å². The predicted molar refractivity (Wildman–Crippen MR) is 92.8 cm³/mol. The summed E-state index contributed by atoms with van der Waals surface area (Å²) in [5.74, 6) is -1.54. The summed E-state index contributed by atoms with van der Waals surface area (Å²) in [4.78, 5) is 35.5. The molecule has 2 atom stereocenters. The van der Waals surface area contributed by atoms with E-state index in [-0.39, 0.29) is 11.0 Å². The van der Waals surface area contributed by atoms with Crippen molar-refractivity contribution < 1.29 is 19.5 Å². The number of carboxylic acid groups (broad SMARTS) is 1. The number of carboxylic acids is 1. The van der Waals surface area contributed by atoms with Gasteiger partial charge in [-0.25, -0.2) is 0 Å². The Morgan fingerprint density at radius 1 is 0.958 bits per heavy atom. The second-order valence-corrected chi connectivity index (χ2v) is 6.41. The van der Waals surface area contributed by atoms with Crippen LogP contribution in [0.2, 0.25) is 0 Å². The first-order valence-corrected chi connectivity index (χ1v) is 8.18. The van der Waals surface area contributed by atoms with E-state index in [1.54, 1.807) is 60.7 Å². The number of carbonyl (C=O) groups is 3. The van der Waals surface area contributed by atoms with Crippen molar-refractivity contribution in [1.82, 2.24) is 5.32 Å². The first-order valence-electron chi connectivity index (χ1n) is 7.30. The van der Waals surface area contributed by atoms with Crippen molar-refractivity contribution in [2.75, 3.05) is 0 Å². The molecule has 6 heteroatoms. The molecule has 0 saturated carbocycles. The molecule has 2 aromatic carbocycles. The number of thioether (sulfide) groups is 1. The van der Waals surface area contributed by atoms with E-state index >= 15 is 0 Å². The Morgan fingerprint density at radius 3 is 2.00 bits per heavy atom. The summed E-state index contributed by atoms with van der Waals surface area (Å²) >= 11 is 0.695. The molecule has 24 heavy (non-hydrogen) atoms. The van der Waals surface area contributed by atoms with Crippen LogP contribution >= 0.6 is 11.8 Å². The van der Waals surface area contributed by atoms with Gasteiger partial charge < -0.3 is 10.4 Å². The van der Waals surface area contributed by atoms with Gasteiger partial charge in [0.2, 0.25) is 0 Å². The Bertz CT molecular complexity index is 718. The highest BCUT2D eigenvalue weighted by Crippen LogP contribution is 2.28. The summed E-state index contributed by atoms with van der Waals surface area (Å²) in [5.41, 5.74) is 1.05. The Balaban J connectivity index is 2.34. The highest BCUT2D eigenvalue weighted by atomic mass is 32.2. The van der Waals surface area contributed by atoms with Crippen LogP contribution < -0.4 is 5.32 Å². The lowest BCUT2D eigenvalue weighted by molar-refractivity contribution is -0.137. The summed E-state index contributed by atoms with van der Waals surface area (Å²) in [6.45, 7) is 1.31. The smallest absolute Gasteiger partial charge is 0.319 e. The standard InChI is InChI=1S/C18H17NO4S/c1-12(20)24-16(18(22)23)15(13-8-4-2-5-9-13)19-17(21)14-10-6-3-7-11-14/h2-11,15-16H,1H3,(H,19,21)(H,22,23)/t15-,16+/m0/s1. The van der Waals surface area contributed by atoms with Gasteiger partial charge in [-0.2, -0.15) is 0 Å². The zero-order valence-electron chi connectivity index (χ0n) is 13.0. The van der Waals surface area contributed by atoms with Crippen molar-refractivity contribution in [1.29, 1.82) is 0 Å². The van der Waals surface area contributed by atoms with Crippen molar-refractivity contribution in [3.05, 3.63) is 71.8 Å². The molecule has 0 aliphatic heterocycles. The normalized spacial score (nSPS) is 12.9. The van der Waals surface area contributed by atoms with Crippen molar-refractivity contribution >= 4 is 28.8 Å². The van der Waals surface area contributed by atoms with Crippen LogP contribution in [0.1, 0.15) is 28.9 Å². The van der Waals surface area contributed by atoms with E-state index in [4.69, 9.17) is 0 Å². The van der Waals surface area contributed by atoms with Crippen LogP contribution in [0, 0.1) is 0 Å². The molecule has 0 radical (unpaired) electrons. The first kappa shape index (κ1) is 17.7. The molecule has 0 aromatic heterocycles. The fourth-order valence-corrected chi connectivity index (χ4v) is 3.07. The second-order valence-electron chi connectivity index (χ2n) is 5.10. The summed E-state index contributed by atoms with van der Waals surface area (Å²) in [6, 6.07) is 16.5. The molecular weight excluding hydrogens is 326 g/mol. The van der Waals surface area contributed by atoms with E-state index in [9.17, 15) is 19.5 Å². The third-order valence-corrected chi connectivity index (χ3v) is 4.38. The molecule has 0 saturated heterocycles. The third-order valence-electron chi connectivity index (χ3n) is 3.32. The Labute approximate surface area is 144 Å². The fraction of sp³-hybridized carbons (Fsp3) is 0.167. The van der Waals surface area contributed by atoms with Gasteiger partial charge in [-0.3, -0.25) is 14.4 Å². The molecule has 0 spiro atoms. The SMILES string of the molecule is CC(=O)S[C@@H](C(=O)O)[C@@H](NC(=O)c1ccccc1)c1ccccc1. The highest BCUT2D eigenvalue weighted by molar-refractivity contribution is 8.14. The fourth-order valence-electron chi connectivity index (χ4n) is 2.25. The van der Waals surface area contributed by atoms with Gasteiger partial charge in [0.05, 0.1) is 6.04 Å². The maximum absolute atomic E-state index is 12.4. The first-order chi connectivity index (χ1) is 11.5. The monoisotopic (exact) mass is 343 g/mol. The number of hydrogen-bond acceptors (Lipinski definition) is 4. The van der Waals surface area contributed by atoms with Gasteiger partial charge in [0.1, 0.15) is 5.25 Å². The van der Waals surface area contributed by atoms with Crippen molar-refractivity contribution in [3.8, 4) is 0 Å². The lowest BCUT2D eigenvalue weighted by atomic mass is 10.0. The molecule has 2 N–H and O–H groups in total. The lowest BCUT2D eigenvalue weighted by Gasteiger charge is -2.24. The zero-order valence-corrected chi connectivity index (χ0v) is 13.8. The van der Waals surface area contributed by atoms with Crippen LogP contribution in [0.3, 0.4) is 0 Å². The maximum atomic E-state index is 12.4. The molecule has 0 aliphatic rings. The van der Waals surface area contributed by atoms with Gasteiger partial charge in [-0.15, -0.1) is 0 Å². The van der Waals surface area contributed by atoms with Crippen LogP contribution in [0.15, 0.2) is 60.7 Å². The third kappa shape index (κ3) is 4.70. The van der Waals surface area contributed by atoms with Gasteiger partial charge >= 0.3 is 5.97 Å². The quantitative estimate of drug-likeness (QED) is 0.842. The van der Waals surface area contributed by atoms with E-state index in [0.717, 1.165) is 0 Å². The van der Waals surface area contributed by atoms with Crippen molar-refractivity contribution in [2.45, 2.75) is 18.2 Å². The van der Waals surface area contributed by atoms with Crippen LogP contribution in [-0.4, -0.2) is 27.3 Å². The molecule has 0 aliphatic carbocycles. The summed E-state index contributed by atoms with van der Waals surface area (Å²) in [5, 5.41) is 10.8. The highest BCUT2D eigenvalue weighted by Gasteiger charge is 2.33. The molecule has 5 nitrogen and oxygen atoms in total. The predicted octanol–water partition coefficient (Wildman–Crippen LogP) is 2.89. The van der Waals surface area contributed by atoms with E-state index in [1.165, 1.54) is 6.92 Å². The Morgan fingerprint density at radius 2 is 1.50 bits per heavy atom. The molecule has 0 unspecified atom stereocenters. The summed E-state index contributed by atoms with van der Waals surface area (Å²) in [7, 11) is 0. The molecule has 2 rings (SSSR count). The minimum Gasteiger partial charge on any atom is -0.480 e. The molecule has 0 fully saturated rings. The van der Waals surface area contributed by atoms with Gasteiger partial charge in [0.15, 0.2) is 5.12 Å². The Kier molecular flexibility index (Phi) is 6.14. The van der Waals surface area contributed by atoms with Crippen LogP contribution in [0.4, 0.5) is 0 Å². The van der Waals surface area contributed by atoms with Crippen LogP contribution in [0.5, 0.6) is 0 Å². The Hall–Kier alpha value is -2.60. The number of benzene rings is 2. The molecule has 0 bridgehead atoms. The van der Waals surface area contributed by atoms with E-state index < -0.39 is 17.3 Å². The van der Waals surface area contributed by atoms with Crippen LogP contribution in [-0.2, 0) is 9.59 Å². The minimum atomic E-state index is -1.16. The number of nitrogens with one attached hydrogen (secondary N) is 1. The van der Waals surface area contributed by atoms with Gasteiger partial charge in [-0.05, 0) is 17.7 Å². The maximum Gasteiger partial charge on any atom is 0.319 e. The van der Waals surface area contributed by atoms with E-state index in [2.05, 4.69) is 5.32 Å². The van der Waals surface area contributed by atoms with E-state index in [0.29, 0.717) is 22.9 Å². The van der Waals surface area contributed by atoms with Gasteiger partial charge in [-0.1, -0.05) is 60.3 Å². The number of rotatable bonds is 6. The second kappa shape index (κ2) is 8.31. The minimum absolute atomic E-state index is 0.322. The van der Waals surface area contributed by atoms with Crippen molar-refractivity contribution in [3.63, 3.8) is 0 Å². The molecular formula is C18H17NO4S. The van der Waals surface area contributed by atoms with Crippen molar-refractivity contribution in [2.24, 2.45) is 0 Å². The molecule has 1 amide bonds.